The van der Waals surface area contributed by atoms with Gasteiger partial charge < -0.3 is 15.8 Å². The number of anilines is 3. The second-order valence-electron chi connectivity index (χ2n) is 6.22. The summed E-state index contributed by atoms with van der Waals surface area (Å²) >= 11 is 0. The lowest BCUT2D eigenvalue weighted by molar-refractivity contribution is 0.417. The number of benzene rings is 2. The lowest BCUT2D eigenvalue weighted by atomic mass is 10.2. The Kier molecular flexibility index (Phi) is 4.63. The molecule has 0 bridgehead atoms. The maximum Gasteiger partial charge on any atom is 0.143 e. The van der Waals surface area contributed by atoms with Gasteiger partial charge in [0, 0.05) is 22.5 Å². The zero-order valence-corrected chi connectivity index (χ0v) is 15.5. The van der Waals surface area contributed by atoms with Crippen LogP contribution in [-0.4, -0.2) is 26.9 Å². The van der Waals surface area contributed by atoms with Crippen molar-refractivity contribution in [2.45, 2.75) is 6.54 Å². The number of nitrogen functional groups attached to an aromatic ring is 1. The number of ether oxygens (including phenoxy) is 1. The highest BCUT2D eigenvalue weighted by molar-refractivity contribution is 5.95. The van der Waals surface area contributed by atoms with Crippen LogP contribution >= 0.6 is 0 Å². The number of aromatic nitrogens is 4. The van der Waals surface area contributed by atoms with E-state index in [2.05, 4.69) is 27.0 Å². The van der Waals surface area contributed by atoms with Gasteiger partial charge in [-0.3, -0.25) is 4.68 Å². The van der Waals surface area contributed by atoms with Crippen molar-refractivity contribution in [1.82, 2.24) is 19.7 Å². The van der Waals surface area contributed by atoms with E-state index in [1.807, 2.05) is 53.4 Å². The number of nitrogens with zero attached hydrogens (tertiary/aromatic N) is 4. The Hall–Kier alpha value is -3.87. The fourth-order valence-electron chi connectivity index (χ4n) is 3.08. The van der Waals surface area contributed by atoms with Gasteiger partial charge in [-0.1, -0.05) is 24.8 Å². The number of hydrogen-bond donors (Lipinski definition) is 2. The van der Waals surface area contributed by atoms with Crippen LogP contribution in [-0.2, 0) is 6.54 Å². The molecule has 4 aromatic rings. The van der Waals surface area contributed by atoms with Crippen LogP contribution in [0.5, 0.6) is 5.75 Å². The van der Waals surface area contributed by atoms with Gasteiger partial charge in [0.2, 0.25) is 0 Å². The summed E-state index contributed by atoms with van der Waals surface area (Å²) in [6.07, 6.45) is 9.04. The van der Waals surface area contributed by atoms with Gasteiger partial charge in [0.1, 0.15) is 17.9 Å². The first-order chi connectivity index (χ1) is 13.7. The van der Waals surface area contributed by atoms with Gasteiger partial charge in [-0.05, 0) is 24.3 Å². The summed E-state index contributed by atoms with van der Waals surface area (Å²) in [5, 5.41) is 9.66. The summed E-state index contributed by atoms with van der Waals surface area (Å²) in [6.45, 7) is 4.37. The van der Waals surface area contributed by atoms with E-state index >= 15 is 0 Å². The maximum absolute atomic E-state index is 6.06. The second-order valence-corrected chi connectivity index (χ2v) is 6.22. The molecule has 0 amide bonds. The highest BCUT2D eigenvalue weighted by Gasteiger charge is 2.10. The Morgan fingerprint density at radius 2 is 2.14 bits per heavy atom. The maximum atomic E-state index is 6.06. The van der Waals surface area contributed by atoms with Crippen LogP contribution in [0, 0.1) is 0 Å². The Labute approximate surface area is 162 Å². The molecule has 2 aromatic heterocycles. The molecule has 2 heterocycles. The van der Waals surface area contributed by atoms with Crippen LogP contribution in [0.2, 0.25) is 0 Å². The Balaban J connectivity index is 1.67. The largest absolute Gasteiger partial charge is 0.495 e. The number of hydrogen-bond acceptors (Lipinski definition) is 6. The van der Waals surface area contributed by atoms with E-state index in [9.17, 15) is 0 Å². The minimum Gasteiger partial charge on any atom is -0.495 e. The molecule has 3 N–H and O–H groups in total. The van der Waals surface area contributed by atoms with Gasteiger partial charge in [-0.25, -0.2) is 9.97 Å². The van der Waals surface area contributed by atoms with Crippen molar-refractivity contribution in [3.63, 3.8) is 0 Å². The van der Waals surface area contributed by atoms with Gasteiger partial charge in [0.05, 0.1) is 36.6 Å². The first kappa shape index (κ1) is 17.5. The van der Waals surface area contributed by atoms with Gasteiger partial charge in [-0.2, -0.15) is 5.10 Å². The quantitative estimate of drug-likeness (QED) is 0.392. The molecule has 7 nitrogen and oxygen atoms in total. The lowest BCUT2D eigenvalue weighted by Crippen LogP contribution is -1.99. The molecular weight excluding hydrogens is 352 g/mol. The van der Waals surface area contributed by atoms with Gasteiger partial charge in [0.15, 0.2) is 0 Å². The van der Waals surface area contributed by atoms with Crippen molar-refractivity contribution in [2.75, 3.05) is 18.2 Å². The molecule has 140 valence electrons. The third kappa shape index (κ3) is 3.25. The highest BCUT2D eigenvalue weighted by atomic mass is 16.5. The molecule has 0 aliphatic carbocycles. The molecule has 0 aliphatic heterocycles. The zero-order valence-electron chi connectivity index (χ0n) is 15.5. The van der Waals surface area contributed by atoms with Gasteiger partial charge in [-0.15, -0.1) is 0 Å². The van der Waals surface area contributed by atoms with Crippen molar-refractivity contribution < 1.29 is 4.74 Å². The Bertz CT molecular complexity index is 1190. The topological polar surface area (TPSA) is 90.9 Å². The van der Waals surface area contributed by atoms with Crippen molar-refractivity contribution in [3.05, 3.63) is 67.7 Å². The van der Waals surface area contributed by atoms with E-state index in [0.29, 0.717) is 23.8 Å². The molecule has 0 saturated heterocycles. The summed E-state index contributed by atoms with van der Waals surface area (Å²) < 4.78 is 7.21. The van der Waals surface area contributed by atoms with Crippen LogP contribution in [0.15, 0.2) is 67.7 Å². The number of nitrogens with two attached hydrogens (primary N) is 1. The number of allylic oxidation sites excluding steroid dienone is 3. The van der Waals surface area contributed by atoms with Crippen LogP contribution in [0.4, 0.5) is 17.2 Å². The first-order valence-electron chi connectivity index (χ1n) is 8.78. The predicted molar refractivity (Wildman–Crippen MR) is 113 cm³/mol. The van der Waals surface area contributed by atoms with Crippen molar-refractivity contribution in [1.29, 1.82) is 0 Å². The molecule has 28 heavy (non-hydrogen) atoms. The molecule has 0 aliphatic rings. The highest BCUT2D eigenvalue weighted by Crippen LogP contribution is 2.31. The molecule has 0 radical (unpaired) electrons. The monoisotopic (exact) mass is 372 g/mol. The molecule has 0 spiro atoms. The van der Waals surface area contributed by atoms with E-state index in [4.69, 9.17) is 10.5 Å². The predicted octanol–water partition coefficient (Wildman–Crippen LogP) is 4.06. The molecule has 0 saturated carbocycles. The number of methoxy groups -OCH3 is 1. The molecule has 2 aromatic carbocycles. The van der Waals surface area contributed by atoms with Crippen molar-refractivity contribution >= 4 is 39.0 Å². The normalized spacial score (nSPS) is 11.3. The smallest absolute Gasteiger partial charge is 0.143 e. The minimum absolute atomic E-state index is 0.539. The van der Waals surface area contributed by atoms with Crippen molar-refractivity contribution in [3.8, 4) is 5.75 Å². The SMILES string of the molecule is C=CC=CCn1ncc2cc(Nc3ncnc4cc(OC)c(N)cc34)ccc21. The van der Waals surface area contributed by atoms with Crippen LogP contribution in [0.25, 0.3) is 21.8 Å². The van der Waals surface area contributed by atoms with Crippen molar-refractivity contribution in [2.24, 2.45) is 0 Å². The summed E-state index contributed by atoms with van der Waals surface area (Å²) in [4.78, 5) is 8.68. The fraction of sp³-hybridized carbons (Fsp3) is 0.0952. The van der Waals surface area contributed by atoms with Crippen LogP contribution in [0.1, 0.15) is 0 Å². The first-order valence-corrected chi connectivity index (χ1v) is 8.78. The van der Waals surface area contributed by atoms with Gasteiger partial charge >= 0.3 is 0 Å². The van der Waals surface area contributed by atoms with Crippen LogP contribution < -0.4 is 15.8 Å². The average Bonchev–Trinajstić information content (AvgIpc) is 3.10. The summed E-state index contributed by atoms with van der Waals surface area (Å²) in [7, 11) is 1.58. The molecular formula is C21H20N6O. The van der Waals surface area contributed by atoms with E-state index in [1.165, 1.54) is 6.33 Å². The lowest BCUT2D eigenvalue weighted by Gasteiger charge is -2.11. The summed E-state index contributed by atoms with van der Waals surface area (Å²) in [6, 6.07) is 9.70. The minimum atomic E-state index is 0.539. The zero-order chi connectivity index (χ0) is 19.5. The fourth-order valence-corrected chi connectivity index (χ4v) is 3.08. The third-order valence-corrected chi connectivity index (χ3v) is 4.44. The number of rotatable bonds is 6. The summed E-state index contributed by atoms with van der Waals surface area (Å²) in [5.41, 5.74) is 9.31. The Morgan fingerprint density at radius 3 is 2.96 bits per heavy atom. The third-order valence-electron chi connectivity index (χ3n) is 4.44. The standard InChI is InChI=1S/C21H20N6O/c1-3-4-5-8-27-19-7-6-15(9-14(19)12-25-27)26-21-16-10-17(22)20(28-2)11-18(16)23-13-24-21/h3-7,9-13H,1,8,22H2,2H3,(H,23,24,26). The van der Waals surface area contributed by atoms with Crippen LogP contribution in [0.3, 0.4) is 0 Å². The molecule has 0 fully saturated rings. The number of fused-ring (bicyclic) bond motifs is 2. The second kappa shape index (κ2) is 7.40. The Morgan fingerprint density at radius 1 is 1.25 bits per heavy atom. The molecule has 4 rings (SSSR count). The van der Waals surface area contributed by atoms with E-state index in [1.54, 1.807) is 13.2 Å². The van der Waals surface area contributed by atoms with E-state index < -0.39 is 0 Å². The molecule has 0 atom stereocenters. The number of nitrogens with one attached hydrogen (secondary N) is 1. The van der Waals surface area contributed by atoms with E-state index in [-0.39, 0.29) is 0 Å². The summed E-state index contributed by atoms with van der Waals surface area (Å²) in [5.74, 6) is 1.27. The molecule has 0 unspecified atom stereocenters. The van der Waals surface area contributed by atoms with E-state index in [0.717, 1.165) is 27.5 Å². The average molecular weight is 372 g/mol. The van der Waals surface area contributed by atoms with Gasteiger partial charge in [0.25, 0.3) is 0 Å². The molecule has 7 heteroatoms.